The zero-order valence-electron chi connectivity index (χ0n) is 13.4. The fourth-order valence-corrected chi connectivity index (χ4v) is 3.69. The van der Waals surface area contributed by atoms with E-state index in [2.05, 4.69) is 31.4 Å². The first-order chi connectivity index (χ1) is 11.4. The molecule has 0 aliphatic carbocycles. The van der Waals surface area contributed by atoms with Crippen molar-refractivity contribution < 1.29 is 4.42 Å². The molecule has 1 saturated heterocycles. The fraction of sp³-hybridized carbons (Fsp3) is 0.588. The molecule has 0 aromatic carbocycles. The van der Waals surface area contributed by atoms with E-state index in [0.717, 1.165) is 37.8 Å². The highest BCUT2D eigenvalue weighted by Crippen LogP contribution is 2.25. The molecule has 0 amide bonds. The lowest BCUT2D eigenvalue weighted by molar-refractivity contribution is 0.206. The van der Waals surface area contributed by atoms with Crippen LogP contribution in [0.5, 0.6) is 0 Å². The summed E-state index contributed by atoms with van der Waals surface area (Å²) in [6.07, 6.45) is 6.23. The Balaban J connectivity index is 1.32. The molecule has 0 spiro atoms. The molecule has 2 atom stereocenters. The number of furan rings is 1. The van der Waals surface area contributed by atoms with Crippen LogP contribution in [-0.4, -0.2) is 47.4 Å². The van der Waals surface area contributed by atoms with Crippen molar-refractivity contribution in [3.8, 4) is 0 Å². The van der Waals surface area contributed by atoms with E-state index in [9.17, 15) is 0 Å². The second-order valence-corrected chi connectivity index (χ2v) is 6.58. The van der Waals surface area contributed by atoms with Crippen molar-refractivity contribution in [1.29, 1.82) is 0 Å². The van der Waals surface area contributed by atoms with Crippen molar-refractivity contribution in [1.82, 2.24) is 20.0 Å². The number of fused-ring (bicyclic) bond motifs is 1. The Morgan fingerprint density at radius 2 is 2.26 bits per heavy atom. The van der Waals surface area contributed by atoms with Gasteiger partial charge in [0.25, 0.3) is 0 Å². The van der Waals surface area contributed by atoms with Gasteiger partial charge < -0.3 is 15.1 Å². The molecule has 2 aliphatic rings. The zero-order valence-corrected chi connectivity index (χ0v) is 13.4. The third kappa shape index (κ3) is 3.28. The minimum Gasteiger partial charge on any atom is -0.468 e. The molecular formula is C17H25N5O. The number of nitrogens with one attached hydrogen (secondary N) is 2. The lowest BCUT2D eigenvalue weighted by Crippen LogP contribution is -2.39. The summed E-state index contributed by atoms with van der Waals surface area (Å²) in [6, 6.07) is 6.47. The van der Waals surface area contributed by atoms with Gasteiger partial charge in [0.1, 0.15) is 11.6 Å². The molecule has 2 N–H and O–H groups in total. The smallest absolute Gasteiger partial charge is 0.124 e. The van der Waals surface area contributed by atoms with Crippen molar-refractivity contribution in [3.05, 3.63) is 36.4 Å². The lowest BCUT2D eigenvalue weighted by atomic mass is 10.1. The normalized spacial score (nSPS) is 22.7. The molecule has 0 radical (unpaired) electrons. The first-order valence-electron chi connectivity index (χ1n) is 8.64. The summed E-state index contributed by atoms with van der Waals surface area (Å²) in [7, 11) is 0. The van der Waals surface area contributed by atoms with Crippen LogP contribution in [0.1, 0.15) is 24.6 Å². The van der Waals surface area contributed by atoms with E-state index in [1.165, 1.54) is 25.9 Å². The number of rotatable bonds is 6. The number of anilines is 1. The van der Waals surface area contributed by atoms with Crippen LogP contribution < -0.4 is 10.6 Å². The highest BCUT2D eigenvalue weighted by atomic mass is 16.3. The molecule has 4 rings (SSSR count). The minimum atomic E-state index is 0.351. The molecule has 2 aromatic rings. The SMILES string of the molecule is c1coc([C@H](CNC[C@@H]2CNc3ccnn3C2)N2CCCC2)c1. The van der Waals surface area contributed by atoms with Gasteiger partial charge in [0.2, 0.25) is 0 Å². The van der Waals surface area contributed by atoms with Gasteiger partial charge in [-0.2, -0.15) is 5.10 Å². The molecule has 0 bridgehead atoms. The molecule has 0 unspecified atom stereocenters. The van der Waals surface area contributed by atoms with E-state index < -0.39 is 0 Å². The molecule has 23 heavy (non-hydrogen) atoms. The maximum atomic E-state index is 5.68. The average Bonchev–Trinajstić information content (AvgIpc) is 3.33. The van der Waals surface area contributed by atoms with Gasteiger partial charge in [-0.1, -0.05) is 0 Å². The predicted molar refractivity (Wildman–Crippen MR) is 89.3 cm³/mol. The summed E-state index contributed by atoms with van der Waals surface area (Å²) in [6.45, 7) is 6.28. The molecule has 0 saturated carbocycles. The van der Waals surface area contributed by atoms with Crippen molar-refractivity contribution >= 4 is 5.82 Å². The van der Waals surface area contributed by atoms with Crippen LogP contribution in [0.15, 0.2) is 35.1 Å². The van der Waals surface area contributed by atoms with Crippen molar-refractivity contribution in [2.75, 3.05) is 38.0 Å². The minimum absolute atomic E-state index is 0.351. The van der Waals surface area contributed by atoms with Gasteiger partial charge in [0.15, 0.2) is 0 Å². The van der Waals surface area contributed by atoms with Crippen molar-refractivity contribution in [3.63, 3.8) is 0 Å². The summed E-state index contributed by atoms with van der Waals surface area (Å²) in [5.74, 6) is 2.78. The largest absolute Gasteiger partial charge is 0.468 e. The van der Waals surface area contributed by atoms with Crippen molar-refractivity contribution in [2.45, 2.75) is 25.4 Å². The summed E-state index contributed by atoms with van der Waals surface area (Å²) < 4.78 is 7.73. The highest BCUT2D eigenvalue weighted by molar-refractivity contribution is 5.35. The Morgan fingerprint density at radius 3 is 3.09 bits per heavy atom. The van der Waals surface area contributed by atoms with Gasteiger partial charge in [-0.05, 0) is 38.1 Å². The third-order valence-electron chi connectivity index (χ3n) is 4.94. The van der Waals surface area contributed by atoms with E-state index in [1.54, 1.807) is 6.26 Å². The van der Waals surface area contributed by atoms with Gasteiger partial charge in [0.05, 0.1) is 18.5 Å². The third-order valence-corrected chi connectivity index (χ3v) is 4.94. The maximum absolute atomic E-state index is 5.68. The molecule has 2 aromatic heterocycles. The van der Waals surface area contributed by atoms with E-state index in [4.69, 9.17) is 4.42 Å². The lowest BCUT2D eigenvalue weighted by Gasteiger charge is -2.28. The van der Waals surface area contributed by atoms with E-state index in [1.807, 2.05) is 18.3 Å². The molecular weight excluding hydrogens is 290 g/mol. The van der Waals surface area contributed by atoms with Crippen molar-refractivity contribution in [2.24, 2.45) is 5.92 Å². The van der Waals surface area contributed by atoms with Gasteiger partial charge in [-0.3, -0.25) is 4.90 Å². The quantitative estimate of drug-likeness (QED) is 0.853. The van der Waals surface area contributed by atoms with Crippen LogP contribution in [0, 0.1) is 5.92 Å². The predicted octanol–water partition coefficient (Wildman–Crippen LogP) is 1.94. The van der Waals surface area contributed by atoms with Crippen LogP contribution >= 0.6 is 0 Å². The Kier molecular flexibility index (Phi) is 4.35. The summed E-state index contributed by atoms with van der Waals surface area (Å²) in [5, 5.41) is 11.5. The molecule has 6 heteroatoms. The summed E-state index contributed by atoms with van der Waals surface area (Å²) >= 11 is 0. The number of aromatic nitrogens is 2. The van der Waals surface area contributed by atoms with E-state index in [-0.39, 0.29) is 0 Å². The van der Waals surface area contributed by atoms with Gasteiger partial charge in [0, 0.05) is 38.2 Å². The highest BCUT2D eigenvalue weighted by Gasteiger charge is 2.26. The Bertz CT molecular complexity index is 602. The van der Waals surface area contributed by atoms with Crippen LogP contribution in [0.25, 0.3) is 0 Å². The average molecular weight is 315 g/mol. The van der Waals surface area contributed by atoms with Gasteiger partial charge >= 0.3 is 0 Å². The fourth-order valence-electron chi connectivity index (χ4n) is 3.69. The maximum Gasteiger partial charge on any atom is 0.124 e. The number of likely N-dealkylation sites (tertiary alicyclic amines) is 1. The first kappa shape index (κ1) is 14.8. The molecule has 4 heterocycles. The standard InChI is InChI=1S/C17H25N5O/c1-2-8-21(7-1)15(16-4-3-9-23-16)12-18-10-14-11-19-17-5-6-20-22(17)13-14/h3-6,9,14-15,18-19H,1-2,7-8,10-13H2/t14-,15+/m1/s1. The van der Waals surface area contributed by atoms with Gasteiger partial charge in [-0.15, -0.1) is 0 Å². The van der Waals surface area contributed by atoms with Crippen LogP contribution in [-0.2, 0) is 6.54 Å². The van der Waals surface area contributed by atoms with Crippen LogP contribution in [0.4, 0.5) is 5.82 Å². The molecule has 124 valence electrons. The number of hydrogen-bond donors (Lipinski definition) is 2. The first-order valence-corrected chi connectivity index (χ1v) is 8.64. The van der Waals surface area contributed by atoms with Gasteiger partial charge in [-0.25, -0.2) is 4.68 Å². The molecule has 1 fully saturated rings. The Labute approximate surface area is 136 Å². The number of hydrogen-bond acceptors (Lipinski definition) is 5. The second-order valence-electron chi connectivity index (χ2n) is 6.58. The molecule has 6 nitrogen and oxygen atoms in total. The summed E-state index contributed by atoms with van der Waals surface area (Å²) in [5.41, 5.74) is 0. The second kappa shape index (κ2) is 6.76. The van der Waals surface area contributed by atoms with Crippen LogP contribution in [0.3, 0.4) is 0 Å². The van der Waals surface area contributed by atoms with E-state index in [0.29, 0.717) is 12.0 Å². The van der Waals surface area contributed by atoms with Crippen LogP contribution in [0.2, 0.25) is 0 Å². The summed E-state index contributed by atoms with van der Waals surface area (Å²) in [4.78, 5) is 2.54. The molecule has 2 aliphatic heterocycles. The Morgan fingerprint density at radius 1 is 1.35 bits per heavy atom. The zero-order chi connectivity index (χ0) is 15.5. The Hall–Kier alpha value is -1.79. The number of nitrogens with zero attached hydrogens (tertiary/aromatic N) is 3. The topological polar surface area (TPSA) is 58.3 Å². The van der Waals surface area contributed by atoms with E-state index >= 15 is 0 Å². The monoisotopic (exact) mass is 315 g/mol.